The van der Waals surface area contributed by atoms with Gasteiger partial charge in [0.15, 0.2) is 0 Å². The van der Waals surface area contributed by atoms with Gasteiger partial charge >= 0.3 is 0 Å². The molecule has 0 spiro atoms. The number of hydrogen-bond donors (Lipinski definition) is 1. The lowest BCUT2D eigenvalue weighted by atomic mass is 10.1. The van der Waals surface area contributed by atoms with E-state index in [1.807, 2.05) is 24.3 Å². The van der Waals surface area contributed by atoms with Crippen LogP contribution in [0.5, 0.6) is 0 Å². The van der Waals surface area contributed by atoms with Crippen molar-refractivity contribution in [2.24, 2.45) is 5.92 Å². The Hall–Kier alpha value is -0.380. The van der Waals surface area contributed by atoms with E-state index >= 15 is 0 Å². The Labute approximate surface area is 112 Å². The fourth-order valence-corrected chi connectivity index (χ4v) is 2.63. The molecule has 17 heavy (non-hydrogen) atoms. The van der Waals surface area contributed by atoms with Crippen molar-refractivity contribution in [3.8, 4) is 0 Å². The highest BCUT2D eigenvalue weighted by Gasteiger charge is 2.23. The highest BCUT2D eigenvalue weighted by atomic mass is 79.9. The van der Waals surface area contributed by atoms with Gasteiger partial charge in [0.2, 0.25) is 0 Å². The van der Waals surface area contributed by atoms with Crippen molar-refractivity contribution in [3.63, 3.8) is 0 Å². The molecule has 0 bridgehead atoms. The lowest BCUT2D eigenvalue weighted by molar-refractivity contribution is 0.147. The Morgan fingerprint density at radius 3 is 2.76 bits per heavy atom. The zero-order valence-electron chi connectivity index (χ0n) is 10.3. The van der Waals surface area contributed by atoms with E-state index in [9.17, 15) is 5.11 Å². The van der Waals surface area contributed by atoms with Gasteiger partial charge < -0.3 is 10.0 Å². The second-order valence-corrected chi connectivity index (χ2v) is 5.89. The monoisotopic (exact) mass is 297 g/mol. The maximum absolute atomic E-state index is 10.1. The zero-order valence-corrected chi connectivity index (χ0v) is 11.9. The third-order valence-electron chi connectivity index (χ3n) is 3.32. The van der Waals surface area contributed by atoms with Gasteiger partial charge in [-0.05, 0) is 43.9 Å². The molecular weight excluding hydrogens is 278 g/mol. The number of aliphatic hydroxyl groups excluding tert-OH is 1. The number of rotatable bonds is 6. The van der Waals surface area contributed by atoms with E-state index in [4.69, 9.17) is 0 Å². The molecule has 1 atom stereocenters. The fraction of sp³-hybridized carbons (Fsp3) is 0.571. The van der Waals surface area contributed by atoms with E-state index in [-0.39, 0.29) is 6.10 Å². The van der Waals surface area contributed by atoms with Crippen LogP contribution in [0.3, 0.4) is 0 Å². The Balaban J connectivity index is 1.80. The molecule has 2 nitrogen and oxygen atoms in total. The van der Waals surface area contributed by atoms with Gasteiger partial charge in [-0.15, -0.1) is 0 Å². The van der Waals surface area contributed by atoms with Crippen LogP contribution in [0, 0.1) is 5.92 Å². The van der Waals surface area contributed by atoms with E-state index in [1.165, 1.54) is 19.4 Å². The van der Waals surface area contributed by atoms with Crippen molar-refractivity contribution >= 4 is 15.9 Å². The molecule has 0 aliphatic heterocycles. The lowest BCUT2D eigenvalue weighted by Crippen LogP contribution is -2.23. The second kappa shape index (κ2) is 5.98. The molecule has 0 saturated heterocycles. The normalized spacial score (nSPS) is 17.4. The third-order valence-corrected chi connectivity index (χ3v) is 4.04. The average Bonchev–Trinajstić information content (AvgIpc) is 3.10. The van der Waals surface area contributed by atoms with Crippen molar-refractivity contribution in [2.45, 2.75) is 25.4 Å². The van der Waals surface area contributed by atoms with Crippen LogP contribution in [0.25, 0.3) is 0 Å². The molecular formula is C14H20BrNO. The molecule has 0 radical (unpaired) electrons. The summed E-state index contributed by atoms with van der Waals surface area (Å²) in [4.78, 5) is 2.33. The summed E-state index contributed by atoms with van der Waals surface area (Å²) in [6, 6.07) is 7.90. The molecule has 1 aromatic carbocycles. The first-order chi connectivity index (χ1) is 8.16. The van der Waals surface area contributed by atoms with Crippen molar-refractivity contribution in [2.75, 3.05) is 20.1 Å². The second-order valence-electron chi connectivity index (χ2n) is 5.03. The summed E-state index contributed by atoms with van der Waals surface area (Å²) in [7, 11) is 2.14. The number of aliphatic hydroxyl groups is 1. The van der Waals surface area contributed by atoms with Gasteiger partial charge in [0.25, 0.3) is 0 Å². The summed E-state index contributed by atoms with van der Waals surface area (Å²) in [6.45, 7) is 2.14. The lowest BCUT2D eigenvalue weighted by Gasteiger charge is -2.19. The Morgan fingerprint density at radius 2 is 2.12 bits per heavy atom. The summed E-state index contributed by atoms with van der Waals surface area (Å²) in [5, 5.41) is 10.1. The predicted molar refractivity (Wildman–Crippen MR) is 73.9 cm³/mol. The van der Waals surface area contributed by atoms with Crippen molar-refractivity contribution in [1.29, 1.82) is 0 Å². The molecule has 1 saturated carbocycles. The molecule has 0 amide bonds. The standard InChI is InChI=1S/C14H20BrNO/c1-16(10-11-6-7-11)9-8-14(17)12-4-2-3-5-13(12)15/h2-5,11,14,17H,6-10H2,1H3. The van der Waals surface area contributed by atoms with E-state index in [2.05, 4.69) is 27.9 Å². The number of halogens is 1. The molecule has 1 unspecified atom stereocenters. The minimum atomic E-state index is -0.368. The van der Waals surface area contributed by atoms with Gasteiger partial charge in [-0.25, -0.2) is 0 Å². The molecule has 1 N–H and O–H groups in total. The van der Waals surface area contributed by atoms with Crippen LogP contribution in [-0.2, 0) is 0 Å². The summed E-state index contributed by atoms with van der Waals surface area (Å²) >= 11 is 3.48. The summed E-state index contributed by atoms with van der Waals surface area (Å²) in [6.07, 6.45) is 3.20. The first kappa shape index (κ1) is 13.1. The van der Waals surface area contributed by atoms with Crippen molar-refractivity contribution in [1.82, 2.24) is 4.90 Å². The van der Waals surface area contributed by atoms with E-state index < -0.39 is 0 Å². The largest absolute Gasteiger partial charge is 0.388 e. The van der Waals surface area contributed by atoms with Crippen molar-refractivity contribution in [3.05, 3.63) is 34.3 Å². The number of nitrogens with zero attached hydrogens (tertiary/aromatic N) is 1. The number of benzene rings is 1. The number of hydrogen-bond acceptors (Lipinski definition) is 2. The van der Waals surface area contributed by atoms with Crippen LogP contribution in [0.1, 0.15) is 30.9 Å². The van der Waals surface area contributed by atoms with E-state index in [0.717, 1.165) is 28.9 Å². The molecule has 3 heteroatoms. The summed E-state index contributed by atoms with van der Waals surface area (Å²) < 4.78 is 0.998. The van der Waals surface area contributed by atoms with Gasteiger partial charge in [0.1, 0.15) is 0 Å². The molecule has 1 aliphatic carbocycles. The smallest absolute Gasteiger partial charge is 0.0813 e. The van der Waals surface area contributed by atoms with Crippen LogP contribution in [0.4, 0.5) is 0 Å². The highest BCUT2D eigenvalue weighted by Crippen LogP contribution is 2.30. The van der Waals surface area contributed by atoms with E-state index in [0.29, 0.717) is 0 Å². The molecule has 1 fully saturated rings. The van der Waals surface area contributed by atoms with Crippen molar-refractivity contribution < 1.29 is 5.11 Å². The molecule has 1 aliphatic rings. The first-order valence-corrected chi connectivity index (χ1v) is 7.07. The minimum Gasteiger partial charge on any atom is -0.388 e. The summed E-state index contributed by atoms with van der Waals surface area (Å²) in [5.74, 6) is 0.917. The van der Waals surface area contributed by atoms with Crippen LogP contribution in [0.15, 0.2) is 28.7 Å². The molecule has 94 valence electrons. The average molecular weight is 298 g/mol. The van der Waals surface area contributed by atoms with Crippen LogP contribution >= 0.6 is 15.9 Å². The zero-order chi connectivity index (χ0) is 12.3. The maximum atomic E-state index is 10.1. The SMILES string of the molecule is CN(CCC(O)c1ccccc1Br)CC1CC1. The first-order valence-electron chi connectivity index (χ1n) is 6.28. The fourth-order valence-electron chi connectivity index (χ4n) is 2.08. The highest BCUT2D eigenvalue weighted by molar-refractivity contribution is 9.10. The Bertz CT molecular complexity index is 365. The third kappa shape index (κ3) is 4.09. The molecule has 1 aromatic rings. The maximum Gasteiger partial charge on any atom is 0.0813 e. The quantitative estimate of drug-likeness (QED) is 0.871. The van der Waals surface area contributed by atoms with Gasteiger partial charge in [0, 0.05) is 17.6 Å². The van der Waals surface area contributed by atoms with Gasteiger partial charge in [-0.1, -0.05) is 34.1 Å². The van der Waals surface area contributed by atoms with Crippen LogP contribution in [-0.4, -0.2) is 30.1 Å². The molecule has 0 heterocycles. The van der Waals surface area contributed by atoms with Gasteiger partial charge in [-0.3, -0.25) is 0 Å². The molecule has 2 rings (SSSR count). The summed E-state index contributed by atoms with van der Waals surface area (Å²) in [5.41, 5.74) is 0.993. The molecule has 0 aromatic heterocycles. The van der Waals surface area contributed by atoms with E-state index in [1.54, 1.807) is 0 Å². The van der Waals surface area contributed by atoms with Crippen LogP contribution in [0.2, 0.25) is 0 Å². The minimum absolute atomic E-state index is 0.368. The van der Waals surface area contributed by atoms with Gasteiger partial charge in [-0.2, -0.15) is 0 Å². The topological polar surface area (TPSA) is 23.5 Å². The van der Waals surface area contributed by atoms with Crippen LogP contribution < -0.4 is 0 Å². The Kier molecular flexibility index (Phi) is 4.60. The van der Waals surface area contributed by atoms with Gasteiger partial charge in [0.05, 0.1) is 6.10 Å². The Morgan fingerprint density at radius 1 is 1.41 bits per heavy atom. The predicted octanol–water partition coefficient (Wildman–Crippen LogP) is 3.21.